The Morgan fingerprint density at radius 2 is 2.13 bits per heavy atom. The second-order valence-electron chi connectivity index (χ2n) is 3.50. The lowest BCUT2D eigenvalue weighted by molar-refractivity contribution is 0.560. The van der Waals surface area contributed by atoms with Gasteiger partial charge in [0.1, 0.15) is 6.04 Å². The quantitative estimate of drug-likeness (QED) is 0.773. The van der Waals surface area contributed by atoms with Crippen LogP contribution in [0.4, 0.5) is 0 Å². The lowest BCUT2D eigenvalue weighted by atomic mass is 10.3. The van der Waals surface area contributed by atoms with Crippen molar-refractivity contribution in [3.8, 4) is 6.07 Å². The Morgan fingerprint density at radius 3 is 2.67 bits per heavy atom. The number of rotatable bonds is 5. The fraction of sp³-hybridized carbons (Fsp3) is 0.455. The fourth-order valence-corrected chi connectivity index (χ4v) is 1.98. The third-order valence-electron chi connectivity index (χ3n) is 1.76. The number of nitrogens with one attached hydrogen (secondary N) is 1. The fourth-order valence-electron chi connectivity index (χ4n) is 1.14. The van der Waals surface area contributed by atoms with Gasteiger partial charge in [-0.15, -0.1) is 11.8 Å². The number of hydrogen-bond donors (Lipinski definition) is 1. The molecule has 0 spiro atoms. The maximum Gasteiger partial charge on any atom is 0.105 e. The molecule has 0 saturated carbocycles. The molecule has 0 aliphatic rings. The van der Waals surface area contributed by atoms with E-state index in [-0.39, 0.29) is 6.04 Å². The van der Waals surface area contributed by atoms with Crippen LogP contribution in [0.2, 0.25) is 0 Å². The van der Waals surface area contributed by atoms with Crippen LogP contribution in [0.25, 0.3) is 0 Å². The Labute approximate surface area is 94.9 Å². The number of nitriles is 1. The van der Waals surface area contributed by atoms with E-state index in [1.54, 1.807) is 24.2 Å². The normalized spacial score (nSPS) is 12.4. The minimum absolute atomic E-state index is 0.0943. The molecule has 0 saturated heterocycles. The summed E-state index contributed by atoms with van der Waals surface area (Å²) in [4.78, 5) is 5.10. The maximum atomic E-state index is 8.91. The van der Waals surface area contributed by atoms with Gasteiger partial charge in [-0.2, -0.15) is 5.26 Å². The first-order valence-electron chi connectivity index (χ1n) is 4.91. The minimum Gasteiger partial charge on any atom is -0.299 e. The summed E-state index contributed by atoms with van der Waals surface area (Å²) in [5.41, 5.74) is 0. The smallest absolute Gasteiger partial charge is 0.105 e. The zero-order chi connectivity index (χ0) is 11.1. The van der Waals surface area contributed by atoms with E-state index in [0.717, 1.165) is 10.6 Å². The van der Waals surface area contributed by atoms with E-state index in [4.69, 9.17) is 5.26 Å². The number of aromatic nitrogens is 1. The van der Waals surface area contributed by atoms with Crippen LogP contribution < -0.4 is 5.32 Å². The van der Waals surface area contributed by atoms with E-state index >= 15 is 0 Å². The lowest BCUT2D eigenvalue weighted by Crippen LogP contribution is -2.35. The summed E-state index contributed by atoms with van der Waals surface area (Å²) in [6, 6.07) is 6.41. The van der Waals surface area contributed by atoms with E-state index in [0.29, 0.717) is 6.04 Å². The summed E-state index contributed by atoms with van der Waals surface area (Å²) in [5.74, 6) is 0.763. The van der Waals surface area contributed by atoms with Gasteiger partial charge in [-0.05, 0) is 26.0 Å². The van der Waals surface area contributed by atoms with E-state index in [2.05, 4.69) is 16.4 Å². The molecule has 1 N–H and O–H groups in total. The van der Waals surface area contributed by atoms with Gasteiger partial charge in [0.05, 0.1) is 6.07 Å². The van der Waals surface area contributed by atoms with Crippen molar-refractivity contribution in [2.45, 2.75) is 30.8 Å². The van der Waals surface area contributed by atoms with Crippen molar-refractivity contribution in [2.24, 2.45) is 0 Å². The van der Waals surface area contributed by atoms with Crippen molar-refractivity contribution in [1.82, 2.24) is 10.3 Å². The van der Waals surface area contributed by atoms with Crippen molar-refractivity contribution in [3.63, 3.8) is 0 Å². The molecule has 80 valence electrons. The highest BCUT2D eigenvalue weighted by Gasteiger charge is 2.08. The summed E-state index contributed by atoms with van der Waals surface area (Å²) >= 11 is 1.67. The Kier molecular flexibility index (Phi) is 5.16. The van der Waals surface area contributed by atoms with Crippen LogP contribution in [0.3, 0.4) is 0 Å². The van der Waals surface area contributed by atoms with Crippen LogP contribution in [0.15, 0.2) is 29.4 Å². The van der Waals surface area contributed by atoms with Crippen molar-refractivity contribution in [3.05, 3.63) is 24.5 Å². The molecular formula is C11H15N3S. The highest BCUT2D eigenvalue weighted by Crippen LogP contribution is 2.17. The van der Waals surface area contributed by atoms with Crippen molar-refractivity contribution in [1.29, 1.82) is 5.26 Å². The van der Waals surface area contributed by atoms with Gasteiger partial charge in [0.15, 0.2) is 0 Å². The Hall–Kier alpha value is -1.05. The minimum atomic E-state index is -0.0943. The average Bonchev–Trinajstić information content (AvgIpc) is 2.25. The van der Waals surface area contributed by atoms with Gasteiger partial charge in [-0.25, -0.2) is 0 Å². The first-order chi connectivity index (χ1) is 7.22. The third-order valence-corrected chi connectivity index (χ3v) is 2.86. The van der Waals surface area contributed by atoms with Crippen molar-refractivity contribution in [2.75, 3.05) is 5.75 Å². The largest absolute Gasteiger partial charge is 0.299 e. The van der Waals surface area contributed by atoms with Crippen LogP contribution in [0.5, 0.6) is 0 Å². The summed E-state index contributed by atoms with van der Waals surface area (Å²) in [6.07, 6.45) is 3.53. The molecule has 1 aromatic rings. The van der Waals surface area contributed by atoms with Crippen molar-refractivity contribution >= 4 is 11.8 Å². The molecule has 0 bridgehead atoms. The molecule has 1 rings (SSSR count). The van der Waals surface area contributed by atoms with Gasteiger partial charge in [0.25, 0.3) is 0 Å². The molecule has 0 amide bonds. The third kappa shape index (κ3) is 4.82. The molecule has 1 heterocycles. The van der Waals surface area contributed by atoms with Gasteiger partial charge in [-0.1, -0.05) is 0 Å². The first kappa shape index (κ1) is 12.0. The molecule has 1 atom stereocenters. The standard InChI is InChI=1S/C11H15N3S/c1-9(2)14-10(7-12)8-15-11-3-5-13-6-4-11/h3-6,9-10,14H,8H2,1-2H3. The van der Waals surface area contributed by atoms with Crippen LogP contribution in [-0.4, -0.2) is 22.8 Å². The molecule has 0 radical (unpaired) electrons. The van der Waals surface area contributed by atoms with Crippen molar-refractivity contribution < 1.29 is 0 Å². The molecule has 15 heavy (non-hydrogen) atoms. The second-order valence-corrected chi connectivity index (χ2v) is 4.59. The predicted octanol–water partition coefficient (Wildman–Crippen LogP) is 2.06. The predicted molar refractivity (Wildman–Crippen MR) is 62.6 cm³/mol. The van der Waals surface area contributed by atoms with Gasteiger partial charge >= 0.3 is 0 Å². The molecule has 0 aliphatic carbocycles. The molecule has 4 heteroatoms. The van der Waals surface area contributed by atoms with Crippen LogP contribution >= 0.6 is 11.8 Å². The molecule has 1 unspecified atom stereocenters. The zero-order valence-electron chi connectivity index (χ0n) is 8.97. The molecular weight excluding hydrogens is 206 g/mol. The van der Waals surface area contributed by atoms with Gasteiger partial charge in [0, 0.05) is 29.1 Å². The van der Waals surface area contributed by atoms with Crippen LogP contribution in [0, 0.1) is 11.3 Å². The number of pyridine rings is 1. The number of thioether (sulfide) groups is 1. The monoisotopic (exact) mass is 221 g/mol. The van der Waals surface area contributed by atoms with Gasteiger partial charge in [-0.3, -0.25) is 10.3 Å². The summed E-state index contributed by atoms with van der Waals surface area (Å²) in [5, 5.41) is 12.1. The molecule has 0 aliphatic heterocycles. The van der Waals surface area contributed by atoms with E-state index in [1.165, 1.54) is 0 Å². The summed E-state index contributed by atoms with van der Waals surface area (Å²) in [6.45, 7) is 4.09. The highest BCUT2D eigenvalue weighted by molar-refractivity contribution is 7.99. The SMILES string of the molecule is CC(C)NC(C#N)CSc1ccncc1. The zero-order valence-corrected chi connectivity index (χ0v) is 9.79. The van der Waals surface area contributed by atoms with Gasteiger partial charge < -0.3 is 0 Å². The van der Waals surface area contributed by atoms with Gasteiger partial charge in [0.2, 0.25) is 0 Å². The molecule has 0 fully saturated rings. The Morgan fingerprint density at radius 1 is 1.47 bits per heavy atom. The first-order valence-corrected chi connectivity index (χ1v) is 5.89. The topological polar surface area (TPSA) is 48.7 Å². The second kappa shape index (κ2) is 6.44. The summed E-state index contributed by atoms with van der Waals surface area (Å²) in [7, 11) is 0. The number of nitrogens with zero attached hydrogens (tertiary/aromatic N) is 2. The summed E-state index contributed by atoms with van der Waals surface area (Å²) < 4.78 is 0. The molecule has 1 aromatic heterocycles. The van der Waals surface area contributed by atoms with E-state index in [9.17, 15) is 0 Å². The maximum absolute atomic E-state index is 8.91. The molecule has 0 aromatic carbocycles. The lowest BCUT2D eigenvalue weighted by Gasteiger charge is -2.13. The van der Waals surface area contributed by atoms with E-state index in [1.807, 2.05) is 26.0 Å². The Bertz CT molecular complexity index is 318. The highest BCUT2D eigenvalue weighted by atomic mass is 32.2. The Balaban J connectivity index is 2.39. The van der Waals surface area contributed by atoms with Crippen LogP contribution in [0.1, 0.15) is 13.8 Å². The number of hydrogen-bond acceptors (Lipinski definition) is 4. The molecule has 3 nitrogen and oxygen atoms in total. The average molecular weight is 221 g/mol. The van der Waals surface area contributed by atoms with E-state index < -0.39 is 0 Å². The van der Waals surface area contributed by atoms with Crippen LogP contribution in [-0.2, 0) is 0 Å².